The van der Waals surface area contributed by atoms with Crippen molar-refractivity contribution in [2.75, 3.05) is 5.32 Å². The fourth-order valence-corrected chi connectivity index (χ4v) is 1.90. The van der Waals surface area contributed by atoms with Crippen molar-refractivity contribution in [2.24, 2.45) is 0 Å². The van der Waals surface area contributed by atoms with Crippen LogP contribution >= 0.6 is 0 Å². The molecule has 1 amide bonds. The summed E-state index contributed by atoms with van der Waals surface area (Å²) in [5.74, 6) is 0.833. The Labute approximate surface area is 92.3 Å². The predicted molar refractivity (Wildman–Crippen MR) is 58.9 cm³/mol. The minimum absolute atomic E-state index is 0.0833. The van der Waals surface area contributed by atoms with Gasteiger partial charge >= 0.3 is 0 Å². The molecule has 4 heteroatoms. The molecule has 16 heavy (non-hydrogen) atoms. The number of aryl methyl sites for hydroxylation is 1. The van der Waals surface area contributed by atoms with Crippen molar-refractivity contribution in [2.45, 2.75) is 12.8 Å². The molecule has 1 aromatic carbocycles. The number of benzene rings is 1. The van der Waals surface area contributed by atoms with E-state index in [2.05, 4.69) is 10.5 Å². The Morgan fingerprint density at radius 1 is 1.25 bits per heavy atom. The number of carbonyl (C=O) groups excluding carboxylic acids is 1. The predicted octanol–water partition coefficient (Wildman–Crippen LogP) is 2.23. The molecule has 0 saturated carbocycles. The summed E-state index contributed by atoms with van der Waals surface area (Å²) < 4.78 is 5.09. The monoisotopic (exact) mass is 214 g/mol. The largest absolute Gasteiger partial charge is 0.356 e. The van der Waals surface area contributed by atoms with E-state index in [1.165, 1.54) is 0 Å². The van der Waals surface area contributed by atoms with E-state index in [0.717, 1.165) is 29.0 Å². The highest BCUT2D eigenvalue weighted by molar-refractivity contribution is 5.94. The topological polar surface area (TPSA) is 55.1 Å². The summed E-state index contributed by atoms with van der Waals surface area (Å²) in [4.78, 5) is 11.2. The van der Waals surface area contributed by atoms with Gasteiger partial charge in [0.2, 0.25) is 5.91 Å². The summed E-state index contributed by atoms with van der Waals surface area (Å²) in [7, 11) is 0. The quantitative estimate of drug-likeness (QED) is 0.791. The van der Waals surface area contributed by atoms with Crippen LogP contribution in [0.3, 0.4) is 0 Å². The van der Waals surface area contributed by atoms with E-state index in [0.29, 0.717) is 6.42 Å². The van der Waals surface area contributed by atoms with E-state index in [-0.39, 0.29) is 5.91 Å². The highest BCUT2D eigenvalue weighted by Crippen LogP contribution is 2.28. The third-order valence-electron chi connectivity index (χ3n) is 2.72. The number of hydrogen-bond donors (Lipinski definition) is 1. The van der Waals surface area contributed by atoms with E-state index in [1.54, 1.807) is 6.20 Å². The van der Waals surface area contributed by atoms with Gasteiger partial charge in [0.15, 0.2) is 5.76 Å². The fourth-order valence-electron chi connectivity index (χ4n) is 1.90. The van der Waals surface area contributed by atoms with Crippen LogP contribution in [0.15, 0.2) is 35.0 Å². The summed E-state index contributed by atoms with van der Waals surface area (Å²) in [5.41, 5.74) is 3.04. The number of rotatable bonds is 1. The van der Waals surface area contributed by atoms with E-state index >= 15 is 0 Å². The molecule has 0 bridgehead atoms. The van der Waals surface area contributed by atoms with Gasteiger partial charge in [0.25, 0.3) is 0 Å². The maximum Gasteiger partial charge on any atom is 0.224 e. The number of amides is 1. The Hall–Kier alpha value is -2.10. The minimum atomic E-state index is 0.0833. The summed E-state index contributed by atoms with van der Waals surface area (Å²) in [6.07, 6.45) is 2.95. The molecule has 0 radical (unpaired) electrons. The molecule has 0 aliphatic carbocycles. The van der Waals surface area contributed by atoms with Gasteiger partial charge in [0.05, 0.1) is 6.20 Å². The summed E-state index contributed by atoms with van der Waals surface area (Å²) in [6, 6.07) is 7.69. The fraction of sp³-hybridized carbons (Fsp3) is 0.167. The van der Waals surface area contributed by atoms with Gasteiger partial charge in [-0.25, -0.2) is 0 Å². The molecule has 3 rings (SSSR count). The maximum atomic E-state index is 11.2. The Kier molecular flexibility index (Phi) is 1.99. The van der Waals surface area contributed by atoms with Crippen LogP contribution in [0, 0.1) is 0 Å². The second-order valence-corrected chi connectivity index (χ2v) is 3.80. The molecule has 0 fully saturated rings. The van der Waals surface area contributed by atoms with Crippen LogP contribution in [0.25, 0.3) is 11.3 Å². The second kappa shape index (κ2) is 3.48. The van der Waals surface area contributed by atoms with Gasteiger partial charge in [-0.1, -0.05) is 5.16 Å². The first-order valence-electron chi connectivity index (χ1n) is 5.17. The van der Waals surface area contributed by atoms with E-state index in [9.17, 15) is 4.79 Å². The zero-order valence-electron chi connectivity index (χ0n) is 8.56. The number of fused-ring (bicyclic) bond motifs is 1. The number of carbonyl (C=O) groups is 1. The number of aromatic nitrogens is 1. The highest BCUT2D eigenvalue weighted by atomic mass is 16.5. The van der Waals surface area contributed by atoms with Gasteiger partial charge in [-0.2, -0.15) is 0 Å². The number of anilines is 1. The number of nitrogens with one attached hydrogen (secondary N) is 1. The van der Waals surface area contributed by atoms with E-state index in [1.807, 2.05) is 24.3 Å². The molecule has 2 aromatic rings. The zero-order valence-corrected chi connectivity index (χ0v) is 8.56. The molecular formula is C12H10N2O2. The number of hydrogen-bond acceptors (Lipinski definition) is 3. The van der Waals surface area contributed by atoms with Crippen LogP contribution < -0.4 is 5.32 Å². The average molecular weight is 214 g/mol. The SMILES string of the molecule is O=C1CCc2cc(-c3ccno3)ccc2N1. The first kappa shape index (κ1) is 9.15. The molecule has 2 heterocycles. The van der Waals surface area contributed by atoms with Crippen LogP contribution in [-0.2, 0) is 11.2 Å². The van der Waals surface area contributed by atoms with Crippen molar-refractivity contribution in [3.8, 4) is 11.3 Å². The maximum absolute atomic E-state index is 11.2. The molecule has 0 spiro atoms. The lowest BCUT2D eigenvalue weighted by atomic mass is 9.99. The first-order valence-corrected chi connectivity index (χ1v) is 5.17. The van der Waals surface area contributed by atoms with Crippen molar-refractivity contribution in [3.63, 3.8) is 0 Å². The Morgan fingerprint density at radius 3 is 3.00 bits per heavy atom. The molecule has 0 unspecified atom stereocenters. The molecule has 0 atom stereocenters. The van der Waals surface area contributed by atoms with Gasteiger partial charge < -0.3 is 9.84 Å². The molecule has 1 N–H and O–H groups in total. The van der Waals surface area contributed by atoms with Crippen LogP contribution in [-0.4, -0.2) is 11.1 Å². The summed E-state index contributed by atoms with van der Waals surface area (Å²) in [6.45, 7) is 0. The average Bonchev–Trinajstić information content (AvgIpc) is 2.82. The van der Waals surface area contributed by atoms with Gasteiger partial charge in [0.1, 0.15) is 0 Å². The summed E-state index contributed by atoms with van der Waals surface area (Å²) in [5, 5.41) is 6.53. The third kappa shape index (κ3) is 1.48. The second-order valence-electron chi connectivity index (χ2n) is 3.80. The van der Waals surface area contributed by atoms with Gasteiger partial charge in [-0.15, -0.1) is 0 Å². The lowest BCUT2D eigenvalue weighted by Gasteiger charge is -2.16. The van der Waals surface area contributed by atoms with Crippen molar-refractivity contribution < 1.29 is 9.32 Å². The van der Waals surface area contributed by atoms with Crippen LogP contribution in [0.4, 0.5) is 5.69 Å². The lowest BCUT2D eigenvalue weighted by molar-refractivity contribution is -0.116. The molecule has 1 aromatic heterocycles. The van der Waals surface area contributed by atoms with E-state index < -0.39 is 0 Å². The smallest absolute Gasteiger partial charge is 0.224 e. The molecular weight excluding hydrogens is 204 g/mol. The Morgan fingerprint density at radius 2 is 2.19 bits per heavy atom. The molecule has 4 nitrogen and oxygen atoms in total. The van der Waals surface area contributed by atoms with Crippen molar-refractivity contribution >= 4 is 11.6 Å². The lowest BCUT2D eigenvalue weighted by Crippen LogP contribution is -2.18. The van der Waals surface area contributed by atoms with E-state index in [4.69, 9.17) is 4.52 Å². The summed E-state index contributed by atoms with van der Waals surface area (Å²) >= 11 is 0. The molecule has 0 saturated heterocycles. The standard InChI is InChI=1S/C12H10N2O2/c15-12-4-2-8-7-9(1-3-10(8)14-12)11-5-6-13-16-11/h1,3,5-7H,2,4H2,(H,14,15). The van der Waals surface area contributed by atoms with Crippen molar-refractivity contribution in [1.29, 1.82) is 0 Å². The van der Waals surface area contributed by atoms with Crippen LogP contribution in [0.5, 0.6) is 0 Å². The van der Waals surface area contributed by atoms with Gasteiger partial charge in [-0.3, -0.25) is 4.79 Å². The van der Waals surface area contributed by atoms with Crippen LogP contribution in [0.2, 0.25) is 0 Å². The zero-order chi connectivity index (χ0) is 11.0. The first-order chi connectivity index (χ1) is 7.83. The highest BCUT2D eigenvalue weighted by Gasteiger charge is 2.15. The molecule has 80 valence electrons. The number of nitrogens with zero attached hydrogens (tertiary/aromatic N) is 1. The normalized spacial score (nSPS) is 14.4. The Bertz CT molecular complexity index is 532. The van der Waals surface area contributed by atoms with Gasteiger partial charge in [0, 0.05) is 23.7 Å². The van der Waals surface area contributed by atoms with Gasteiger partial charge in [-0.05, 0) is 30.2 Å². The molecule has 1 aliphatic heterocycles. The Balaban J connectivity index is 2.03. The minimum Gasteiger partial charge on any atom is -0.356 e. The van der Waals surface area contributed by atoms with Crippen molar-refractivity contribution in [3.05, 3.63) is 36.0 Å². The molecule has 1 aliphatic rings. The van der Waals surface area contributed by atoms with Crippen molar-refractivity contribution in [1.82, 2.24) is 5.16 Å². The van der Waals surface area contributed by atoms with Crippen LogP contribution in [0.1, 0.15) is 12.0 Å². The third-order valence-corrected chi connectivity index (χ3v) is 2.72.